The second-order valence-electron chi connectivity index (χ2n) is 3.02. The lowest BCUT2D eigenvalue weighted by molar-refractivity contribution is 0.113. The van der Waals surface area contributed by atoms with E-state index in [-0.39, 0.29) is 6.61 Å². The Hall–Kier alpha value is -0.580. The number of aliphatic hydroxyl groups excluding tert-OH is 2. The first-order valence-corrected chi connectivity index (χ1v) is 5.74. The quantitative estimate of drug-likeness (QED) is 0.683. The van der Waals surface area contributed by atoms with E-state index in [1.165, 1.54) is 5.56 Å². The fraction of sp³-hybridized carbons (Fsp3) is 0.500. The SMILES string of the molecule is OCC(O)CSCCc1cccnc1. The Labute approximate surface area is 88.2 Å². The smallest absolute Gasteiger partial charge is 0.0861 e. The average Bonchev–Trinajstić information content (AvgIpc) is 2.25. The third kappa shape index (κ3) is 4.60. The molecule has 0 saturated heterocycles. The molecular weight excluding hydrogens is 198 g/mol. The third-order valence-corrected chi connectivity index (χ3v) is 2.89. The van der Waals surface area contributed by atoms with Gasteiger partial charge >= 0.3 is 0 Å². The normalized spacial score (nSPS) is 12.7. The Kier molecular flexibility index (Phi) is 5.59. The maximum Gasteiger partial charge on any atom is 0.0861 e. The van der Waals surface area contributed by atoms with Crippen LogP contribution in [0, 0.1) is 0 Å². The molecule has 0 aliphatic rings. The minimum Gasteiger partial charge on any atom is -0.394 e. The summed E-state index contributed by atoms with van der Waals surface area (Å²) in [5, 5.41) is 17.6. The molecule has 1 unspecified atom stereocenters. The number of pyridine rings is 1. The zero-order valence-corrected chi connectivity index (χ0v) is 8.78. The van der Waals surface area contributed by atoms with Crippen LogP contribution >= 0.6 is 11.8 Å². The van der Waals surface area contributed by atoms with E-state index in [4.69, 9.17) is 10.2 Å². The molecule has 1 aromatic rings. The molecule has 0 aromatic carbocycles. The van der Waals surface area contributed by atoms with Crippen LogP contribution in [0.25, 0.3) is 0 Å². The average molecular weight is 213 g/mol. The summed E-state index contributed by atoms with van der Waals surface area (Å²) >= 11 is 1.64. The van der Waals surface area contributed by atoms with Crippen LogP contribution in [0.1, 0.15) is 5.56 Å². The summed E-state index contributed by atoms with van der Waals surface area (Å²) in [7, 11) is 0. The van der Waals surface area contributed by atoms with E-state index in [9.17, 15) is 0 Å². The monoisotopic (exact) mass is 213 g/mol. The van der Waals surface area contributed by atoms with Gasteiger partial charge < -0.3 is 10.2 Å². The van der Waals surface area contributed by atoms with Crippen LogP contribution in [-0.4, -0.2) is 39.4 Å². The van der Waals surface area contributed by atoms with Gasteiger partial charge in [-0.05, 0) is 23.8 Å². The Balaban J connectivity index is 2.10. The highest BCUT2D eigenvalue weighted by Gasteiger charge is 2.01. The first kappa shape index (κ1) is 11.5. The summed E-state index contributed by atoms with van der Waals surface area (Å²) in [6.07, 6.45) is 3.97. The second-order valence-corrected chi connectivity index (χ2v) is 4.17. The van der Waals surface area contributed by atoms with Crippen molar-refractivity contribution in [2.24, 2.45) is 0 Å². The van der Waals surface area contributed by atoms with Crippen LogP contribution < -0.4 is 0 Å². The van der Waals surface area contributed by atoms with Crippen molar-refractivity contribution in [3.8, 4) is 0 Å². The Morgan fingerprint density at radius 1 is 1.50 bits per heavy atom. The van der Waals surface area contributed by atoms with Gasteiger partial charge in [-0.1, -0.05) is 6.07 Å². The Morgan fingerprint density at radius 2 is 2.36 bits per heavy atom. The number of nitrogens with zero attached hydrogens (tertiary/aromatic N) is 1. The van der Waals surface area contributed by atoms with E-state index in [0.29, 0.717) is 5.75 Å². The van der Waals surface area contributed by atoms with Crippen molar-refractivity contribution in [1.82, 2.24) is 4.98 Å². The summed E-state index contributed by atoms with van der Waals surface area (Å²) in [6.45, 7) is -0.153. The summed E-state index contributed by atoms with van der Waals surface area (Å²) in [5.41, 5.74) is 1.21. The fourth-order valence-corrected chi connectivity index (χ4v) is 1.93. The van der Waals surface area contributed by atoms with E-state index < -0.39 is 6.10 Å². The van der Waals surface area contributed by atoms with Crippen molar-refractivity contribution in [2.45, 2.75) is 12.5 Å². The molecule has 1 rings (SSSR count). The molecule has 78 valence electrons. The minimum absolute atomic E-state index is 0.153. The predicted octanol–water partition coefficient (Wildman–Crippen LogP) is 0.711. The lowest BCUT2D eigenvalue weighted by atomic mass is 10.2. The molecule has 0 spiro atoms. The molecule has 14 heavy (non-hydrogen) atoms. The first-order valence-electron chi connectivity index (χ1n) is 4.58. The van der Waals surface area contributed by atoms with Crippen LogP contribution in [0.2, 0.25) is 0 Å². The lowest BCUT2D eigenvalue weighted by Gasteiger charge is -2.05. The van der Waals surface area contributed by atoms with Gasteiger partial charge in [0.15, 0.2) is 0 Å². The standard InChI is InChI=1S/C10H15NO2S/c12-7-10(13)8-14-5-3-9-2-1-4-11-6-9/h1-2,4,6,10,12-13H,3,5,7-8H2. The number of aromatic nitrogens is 1. The third-order valence-electron chi connectivity index (χ3n) is 1.78. The van der Waals surface area contributed by atoms with E-state index in [1.807, 2.05) is 18.3 Å². The van der Waals surface area contributed by atoms with Crippen molar-refractivity contribution in [3.63, 3.8) is 0 Å². The van der Waals surface area contributed by atoms with Gasteiger partial charge in [0.2, 0.25) is 0 Å². The molecule has 0 bridgehead atoms. The highest BCUT2D eigenvalue weighted by atomic mass is 32.2. The van der Waals surface area contributed by atoms with Gasteiger partial charge in [0.05, 0.1) is 12.7 Å². The molecular formula is C10H15NO2S. The summed E-state index contributed by atoms with van der Waals surface area (Å²) in [5.74, 6) is 1.54. The molecule has 3 nitrogen and oxygen atoms in total. The number of aryl methyl sites for hydroxylation is 1. The van der Waals surface area contributed by atoms with Gasteiger partial charge in [-0.25, -0.2) is 0 Å². The highest BCUT2D eigenvalue weighted by Crippen LogP contribution is 2.07. The van der Waals surface area contributed by atoms with Crippen LogP contribution in [0.4, 0.5) is 0 Å². The molecule has 2 N–H and O–H groups in total. The second kappa shape index (κ2) is 6.81. The highest BCUT2D eigenvalue weighted by molar-refractivity contribution is 7.99. The molecule has 1 aromatic heterocycles. The van der Waals surface area contributed by atoms with Gasteiger partial charge in [0.25, 0.3) is 0 Å². The number of hydrogen-bond donors (Lipinski definition) is 2. The topological polar surface area (TPSA) is 53.4 Å². The molecule has 0 radical (unpaired) electrons. The maximum absolute atomic E-state index is 9.07. The van der Waals surface area contributed by atoms with Crippen molar-refractivity contribution in [2.75, 3.05) is 18.1 Å². The largest absolute Gasteiger partial charge is 0.394 e. The van der Waals surface area contributed by atoms with Crippen molar-refractivity contribution in [1.29, 1.82) is 0 Å². The van der Waals surface area contributed by atoms with E-state index in [2.05, 4.69) is 4.98 Å². The van der Waals surface area contributed by atoms with E-state index in [0.717, 1.165) is 12.2 Å². The zero-order valence-electron chi connectivity index (χ0n) is 7.97. The Morgan fingerprint density at radius 3 is 3.00 bits per heavy atom. The lowest BCUT2D eigenvalue weighted by Crippen LogP contribution is -2.15. The zero-order chi connectivity index (χ0) is 10.2. The summed E-state index contributed by atoms with van der Waals surface area (Å²) in [6, 6.07) is 3.96. The van der Waals surface area contributed by atoms with Crippen LogP contribution in [0.15, 0.2) is 24.5 Å². The van der Waals surface area contributed by atoms with Crippen LogP contribution in [-0.2, 0) is 6.42 Å². The molecule has 0 aliphatic carbocycles. The molecule has 1 heterocycles. The number of hydrogen-bond acceptors (Lipinski definition) is 4. The fourth-order valence-electron chi connectivity index (χ4n) is 1.01. The number of rotatable bonds is 6. The van der Waals surface area contributed by atoms with Gasteiger partial charge in [-0.15, -0.1) is 0 Å². The number of aliphatic hydroxyl groups is 2. The van der Waals surface area contributed by atoms with Gasteiger partial charge in [-0.3, -0.25) is 4.98 Å². The summed E-state index contributed by atoms with van der Waals surface area (Å²) < 4.78 is 0. The molecule has 4 heteroatoms. The molecule has 0 amide bonds. The van der Waals surface area contributed by atoms with Gasteiger partial charge in [-0.2, -0.15) is 11.8 Å². The van der Waals surface area contributed by atoms with Crippen molar-refractivity contribution < 1.29 is 10.2 Å². The molecule has 0 fully saturated rings. The predicted molar refractivity (Wildman–Crippen MR) is 58.4 cm³/mol. The molecule has 0 aliphatic heterocycles. The van der Waals surface area contributed by atoms with Crippen molar-refractivity contribution >= 4 is 11.8 Å². The molecule has 0 saturated carbocycles. The van der Waals surface area contributed by atoms with Crippen LogP contribution in [0.3, 0.4) is 0 Å². The number of thioether (sulfide) groups is 1. The first-order chi connectivity index (χ1) is 6.83. The van der Waals surface area contributed by atoms with E-state index >= 15 is 0 Å². The van der Waals surface area contributed by atoms with Gasteiger partial charge in [0.1, 0.15) is 0 Å². The molecule has 1 atom stereocenters. The van der Waals surface area contributed by atoms with Gasteiger partial charge in [0, 0.05) is 18.1 Å². The Bertz CT molecular complexity index is 243. The summed E-state index contributed by atoms with van der Waals surface area (Å²) in [4.78, 5) is 4.02. The minimum atomic E-state index is -0.589. The maximum atomic E-state index is 9.07. The van der Waals surface area contributed by atoms with Crippen LogP contribution in [0.5, 0.6) is 0 Å². The van der Waals surface area contributed by atoms with Crippen molar-refractivity contribution in [3.05, 3.63) is 30.1 Å². The van der Waals surface area contributed by atoms with E-state index in [1.54, 1.807) is 18.0 Å².